The first-order valence-corrected chi connectivity index (χ1v) is 2.61. The molecule has 0 amide bonds. The third kappa shape index (κ3) is 2.35. The van der Waals surface area contributed by atoms with Gasteiger partial charge in [-0.3, -0.25) is 0 Å². The molecule has 0 aliphatic heterocycles. The first-order valence-electron chi connectivity index (χ1n) is 1.82. The van der Waals surface area contributed by atoms with Crippen molar-refractivity contribution in [3.05, 3.63) is 12.7 Å². The molecule has 48 valence electrons. The van der Waals surface area contributed by atoms with Crippen LogP contribution >= 0.6 is 15.9 Å². The molecule has 1 atom stereocenters. The van der Waals surface area contributed by atoms with Gasteiger partial charge in [0.05, 0.1) is 0 Å². The van der Waals surface area contributed by atoms with Crippen LogP contribution in [0, 0.1) is 0 Å². The molecule has 8 heavy (non-hydrogen) atoms. The third-order valence-electron chi connectivity index (χ3n) is 0.520. The molecule has 0 nitrogen and oxygen atoms in total. The van der Waals surface area contributed by atoms with Gasteiger partial charge in [0.1, 0.15) is 0 Å². The van der Waals surface area contributed by atoms with E-state index in [2.05, 4.69) is 6.58 Å². The largest absolute Gasteiger partial charge is 0.335 e. The average Bonchev–Trinajstić information content (AvgIpc) is 1.62. The molecule has 1 unspecified atom stereocenters. The maximum absolute atomic E-state index is 11.7. The molecule has 0 bridgehead atoms. The Labute approximate surface area is 53.5 Å². The normalized spacial score (nSPS) is 15.5. The van der Waals surface area contributed by atoms with E-state index in [0.717, 1.165) is 0 Å². The topological polar surface area (TPSA) is 0 Å². The quantitative estimate of drug-likeness (QED) is 0.462. The Kier molecular flexibility index (Phi) is 2.53. The van der Waals surface area contributed by atoms with Crippen molar-refractivity contribution in [2.45, 2.75) is 11.0 Å². The van der Waals surface area contributed by atoms with E-state index in [0.29, 0.717) is 6.08 Å². The number of rotatable bonds is 2. The van der Waals surface area contributed by atoms with Crippen molar-refractivity contribution in [2.75, 3.05) is 0 Å². The lowest BCUT2D eigenvalue weighted by Crippen LogP contribution is -2.19. The molecule has 4 heteroatoms. The highest BCUT2D eigenvalue weighted by molar-refractivity contribution is 9.10. The zero-order chi connectivity index (χ0) is 6.78. The van der Waals surface area contributed by atoms with Crippen molar-refractivity contribution in [1.29, 1.82) is 0 Å². The molecule has 0 radical (unpaired) electrons. The van der Waals surface area contributed by atoms with Gasteiger partial charge in [0.2, 0.25) is 0 Å². The summed E-state index contributed by atoms with van der Waals surface area (Å²) in [5.74, 6) is 0. The van der Waals surface area contributed by atoms with Crippen molar-refractivity contribution in [1.82, 2.24) is 0 Å². The Morgan fingerprint density at radius 2 is 2.00 bits per heavy atom. The van der Waals surface area contributed by atoms with E-state index in [1.807, 2.05) is 15.9 Å². The Morgan fingerprint density at radius 3 is 2.00 bits per heavy atom. The van der Waals surface area contributed by atoms with Gasteiger partial charge in [-0.2, -0.15) is 8.78 Å². The van der Waals surface area contributed by atoms with Crippen LogP contribution in [0.1, 0.15) is 0 Å². The number of hydrogen-bond donors (Lipinski definition) is 0. The monoisotopic (exact) mass is 188 g/mol. The summed E-state index contributed by atoms with van der Waals surface area (Å²) in [5, 5.41) is 0. The summed E-state index contributed by atoms with van der Waals surface area (Å²) in [5.41, 5.74) is 0. The van der Waals surface area contributed by atoms with Crippen molar-refractivity contribution in [3.8, 4) is 0 Å². The predicted octanol–water partition coefficient (Wildman–Crippen LogP) is 2.50. The molecule has 0 aliphatic rings. The number of allylic oxidation sites excluding steroid dienone is 1. The van der Waals surface area contributed by atoms with Crippen LogP contribution in [0.2, 0.25) is 0 Å². The second-order valence-electron chi connectivity index (χ2n) is 1.18. The van der Waals surface area contributed by atoms with Gasteiger partial charge in [-0.05, 0) is 15.9 Å². The summed E-state index contributed by atoms with van der Waals surface area (Å²) in [4.78, 5) is -3.46. The summed E-state index contributed by atoms with van der Waals surface area (Å²) in [6.45, 7) is 2.84. The Hall–Kier alpha value is 0.01000. The van der Waals surface area contributed by atoms with Crippen molar-refractivity contribution >= 4 is 15.9 Å². The minimum Gasteiger partial charge on any atom is -0.235 e. The summed E-state index contributed by atoms with van der Waals surface area (Å²) < 4.78 is 34.9. The summed E-state index contributed by atoms with van der Waals surface area (Å²) in [6, 6.07) is 0. The molecule has 0 saturated heterocycles. The molecule has 0 N–H and O–H groups in total. The Morgan fingerprint density at radius 1 is 1.62 bits per heavy atom. The zero-order valence-electron chi connectivity index (χ0n) is 3.87. The zero-order valence-corrected chi connectivity index (χ0v) is 5.46. The highest BCUT2D eigenvalue weighted by Crippen LogP contribution is 2.28. The number of hydrogen-bond acceptors (Lipinski definition) is 0. The van der Waals surface area contributed by atoms with E-state index >= 15 is 0 Å². The van der Waals surface area contributed by atoms with Gasteiger partial charge in [0.15, 0.2) is 6.17 Å². The van der Waals surface area contributed by atoms with Crippen LogP contribution in [-0.2, 0) is 0 Å². The average molecular weight is 189 g/mol. The molecule has 0 aromatic heterocycles. The Bertz CT molecular complexity index is 85.8. The van der Waals surface area contributed by atoms with Gasteiger partial charge < -0.3 is 0 Å². The second kappa shape index (κ2) is 2.53. The minimum atomic E-state index is -3.46. The Balaban J connectivity index is 3.80. The van der Waals surface area contributed by atoms with E-state index in [1.54, 1.807) is 0 Å². The summed E-state index contributed by atoms with van der Waals surface area (Å²) >= 11 is 1.82. The van der Waals surface area contributed by atoms with Gasteiger partial charge in [-0.1, -0.05) is 12.7 Å². The van der Waals surface area contributed by atoms with E-state index in [1.165, 1.54) is 0 Å². The van der Waals surface area contributed by atoms with Crippen LogP contribution in [0.5, 0.6) is 0 Å². The van der Waals surface area contributed by atoms with Gasteiger partial charge in [-0.15, -0.1) is 0 Å². The molecule has 0 heterocycles. The summed E-state index contributed by atoms with van der Waals surface area (Å²) in [6.07, 6.45) is -1.77. The van der Waals surface area contributed by atoms with Gasteiger partial charge >= 0.3 is 4.83 Å². The van der Waals surface area contributed by atoms with Crippen LogP contribution < -0.4 is 0 Å². The second-order valence-corrected chi connectivity index (χ2v) is 2.24. The lowest BCUT2D eigenvalue weighted by molar-refractivity contribution is 0.0459. The van der Waals surface area contributed by atoms with Crippen LogP contribution in [0.25, 0.3) is 0 Å². The maximum atomic E-state index is 11.7. The molecule has 0 fully saturated rings. The van der Waals surface area contributed by atoms with Crippen molar-refractivity contribution in [3.63, 3.8) is 0 Å². The highest BCUT2D eigenvalue weighted by atomic mass is 79.9. The van der Waals surface area contributed by atoms with Crippen molar-refractivity contribution < 1.29 is 13.2 Å². The van der Waals surface area contributed by atoms with Crippen molar-refractivity contribution in [2.24, 2.45) is 0 Å². The smallest absolute Gasteiger partial charge is 0.235 e. The first kappa shape index (κ1) is 8.01. The maximum Gasteiger partial charge on any atom is 0.335 e. The van der Waals surface area contributed by atoms with Crippen LogP contribution in [-0.4, -0.2) is 11.0 Å². The van der Waals surface area contributed by atoms with Gasteiger partial charge in [-0.25, -0.2) is 4.39 Å². The molecule has 0 aromatic rings. The lowest BCUT2D eigenvalue weighted by Gasteiger charge is -2.07. The van der Waals surface area contributed by atoms with E-state index in [9.17, 15) is 13.2 Å². The van der Waals surface area contributed by atoms with E-state index in [-0.39, 0.29) is 0 Å². The molecular formula is C4H4BrF3. The molecule has 0 aromatic carbocycles. The van der Waals surface area contributed by atoms with Gasteiger partial charge in [0.25, 0.3) is 0 Å². The fourth-order valence-corrected chi connectivity index (χ4v) is 0.321. The molecule has 0 saturated carbocycles. The molecule has 0 aliphatic carbocycles. The molecule has 0 spiro atoms. The van der Waals surface area contributed by atoms with Gasteiger partial charge in [0, 0.05) is 0 Å². The molecule has 0 rings (SSSR count). The minimum absolute atomic E-state index is 0.536. The van der Waals surface area contributed by atoms with Crippen LogP contribution in [0.15, 0.2) is 12.7 Å². The fourth-order valence-electron chi connectivity index (χ4n) is 0.134. The first-order chi connectivity index (χ1) is 3.48. The standard InChI is InChI=1S/C4H4BrF3/c1-2-3(6)4(5,7)8/h2-3H,1H2. The lowest BCUT2D eigenvalue weighted by atomic mass is 10.4. The number of alkyl halides is 4. The number of halogens is 4. The van der Waals surface area contributed by atoms with Crippen LogP contribution in [0.4, 0.5) is 13.2 Å². The van der Waals surface area contributed by atoms with Crippen LogP contribution in [0.3, 0.4) is 0 Å². The fraction of sp³-hybridized carbons (Fsp3) is 0.500. The molecular weight excluding hydrogens is 185 g/mol. The summed E-state index contributed by atoms with van der Waals surface area (Å²) in [7, 11) is 0. The van der Waals surface area contributed by atoms with E-state index in [4.69, 9.17) is 0 Å². The SMILES string of the molecule is C=CC(F)C(F)(F)Br. The highest BCUT2D eigenvalue weighted by Gasteiger charge is 2.33. The van der Waals surface area contributed by atoms with E-state index < -0.39 is 11.0 Å². The third-order valence-corrected chi connectivity index (χ3v) is 0.957. The predicted molar refractivity (Wildman–Crippen MR) is 29.0 cm³/mol.